The van der Waals surface area contributed by atoms with Crippen LogP contribution >= 0.6 is 0 Å². The van der Waals surface area contributed by atoms with Crippen LogP contribution in [0.1, 0.15) is 95.0 Å². The van der Waals surface area contributed by atoms with Gasteiger partial charge in [-0.25, -0.2) is 0 Å². The molecule has 2 aliphatic rings. The average molecular weight is 608 g/mol. The maximum Gasteiger partial charge on any atom is 0.497 e. The molecule has 1 saturated heterocycles. The molecule has 0 N–H and O–H groups in total. The maximum atomic E-state index is 6.47. The van der Waals surface area contributed by atoms with Gasteiger partial charge in [0, 0.05) is 28.0 Å². The summed E-state index contributed by atoms with van der Waals surface area (Å²) >= 11 is 0. The van der Waals surface area contributed by atoms with Crippen molar-refractivity contribution in [1.29, 1.82) is 0 Å². The van der Waals surface area contributed by atoms with E-state index in [2.05, 4.69) is 133 Å². The number of aromatic nitrogens is 1. The molecule has 1 aromatic heterocycles. The Morgan fingerprint density at radius 3 is 2.15 bits per heavy atom. The lowest BCUT2D eigenvalue weighted by Gasteiger charge is -2.32. The molecule has 1 unspecified atom stereocenters. The van der Waals surface area contributed by atoms with Gasteiger partial charge in [0.05, 0.1) is 16.9 Å². The second kappa shape index (κ2) is 11.5. The van der Waals surface area contributed by atoms with Crippen molar-refractivity contribution in [3.8, 4) is 22.4 Å². The Bertz CT molecular complexity index is 1930. The molecule has 1 atom stereocenters. The Labute approximate surface area is 275 Å². The minimum absolute atomic E-state index is 0.273. The van der Waals surface area contributed by atoms with Crippen LogP contribution in [0, 0.1) is 6.92 Å². The van der Waals surface area contributed by atoms with Crippen LogP contribution in [0.25, 0.3) is 33.2 Å². The lowest BCUT2D eigenvalue weighted by Crippen LogP contribution is -2.41. The van der Waals surface area contributed by atoms with E-state index < -0.39 is 18.3 Å². The minimum atomic E-state index is -0.466. The summed E-state index contributed by atoms with van der Waals surface area (Å²) in [5, 5.41) is 2.22. The molecular weight excluding hydrogens is 561 g/mol. The number of aryl methyl sites for hydroxylation is 2. The van der Waals surface area contributed by atoms with Crippen LogP contribution in [-0.4, -0.2) is 23.3 Å². The van der Waals surface area contributed by atoms with Gasteiger partial charge < -0.3 is 9.31 Å². The van der Waals surface area contributed by atoms with Gasteiger partial charge in [-0.1, -0.05) is 111 Å². The molecule has 5 aromatic rings. The third kappa shape index (κ3) is 5.02. The second-order valence-electron chi connectivity index (χ2n) is 14.6. The fourth-order valence-corrected chi connectivity index (χ4v) is 7.60. The van der Waals surface area contributed by atoms with E-state index in [-0.39, 0.29) is 5.41 Å². The molecule has 2 heterocycles. The summed E-state index contributed by atoms with van der Waals surface area (Å²) in [5.41, 5.74) is 11.5. The fourth-order valence-electron chi connectivity index (χ4n) is 7.60. The molecule has 1 fully saturated rings. The number of unbranched alkanes of at least 4 members (excludes halogenated alkanes) is 3. The summed E-state index contributed by atoms with van der Waals surface area (Å²) in [6.45, 7) is 15.3. The molecule has 4 aromatic carbocycles. The first kappa shape index (κ1) is 30.9. The molecular formula is C42H46BNO2. The van der Waals surface area contributed by atoms with Crippen molar-refractivity contribution < 1.29 is 9.31 Å². The first-order valence-electron chi connectivity index (χ1n) is 17.1. The molecule has 0 bridgehead atoms. The van der Waals surface area contributed by atoms with Gasteiger partial charge >= 0.3 is 7.12 Å². The number of pyridine rings is 1. The SMILES string of the molecule is CCCCCCc1cc(C)cc(C2(C)c3ccccc3-c3ccc(-c4ncc(B5OC(C)(C)C(C)(C)O5)c5ccccc45)cc32)c1. The summed E-state index contributed by atoms with van der Waals surface area (Å²) in [5.74, 6) is 0. The minimum Gasteiger partial charge on any atom is -0.399 e. The van der Waals surface area contributed by atoms with Crippen LogP contribution in [0.3, 0.4) is 0 Å². The van der Waals surface area contributed by atoms with Gasteiger partial charge in [0.2, 0.25) is 0 Å². The highest BCUT2D eigenvalue weighted by molar-refractivity contribution is 6.65. The van der Waals surface area contributed by atoms with Gasteiger partial charge in [0.1, 0.15) is 0 Å². The Morgan fingerprint density at radius 2 is 1.39 bits per heavy atom. The normalized spacial score (nSPS) is 19.4. The quantitative estimate of drug-likeness (QED) is 0.130. The van der Waals surface area contributed by atoms with Crippen molar-refractivity contribution in [3.63, 3.8) is 0 Å². The van der Waals surface area contributed by atoms with Gasteiger partial charge in [0.15, 0.2) is 0 Å². The van der Waals surface area contributed by atoms with Gasteiger partial charge in [0.25, 0.3) is 0 Å². The first-order valence-corrected chi connectivity index (χ1v) is 17.1. The zero-order chi connectivity index (χ0) is 32.3. The number of hydrogen-bond acceptors (Lipinski definition) is 3. The standard InChI is InChI=1S/C42H46BNO2/c1-8-9-10-11-16-29-23-28(2)24-31(25-29)42(7)36-20-15-14-17-32(36)33-22-21-30(26-37(33)42)39-35-19-13-12-18-34(35)38(27-44-39)43-45-40(3,4)41(5,6)46-43/h12-15,17-27H,8-11,16H2,1-7H3. The van der Waals surface area contributed by atoms with Gasteiger partial charge in [-0.3, -0.25) is 4.98 Å². The van der Waals surface area contributed by atoms with E-state index in [9.17, 15) is 0 Å². The molecule has 4 heteroatoms. The molecule has 7 rings (SSSR count). The summed E-state index contributed by atoms with van der Waals surface area (Å²) in [7, 11) is -0.466. The largest absolute Gasteiger partial charge is 0.497 e. The average Bonchev–Trinajstić information content (AvgIpc) is 3.43. The van der Waals surface area contributed by atoms with Crippen molar-refractivity contribution in [1.82, 2.24) is 4.98 Å². The molecule has 234 valence electrons. The zero-order valence-corrected chi connectivity index (χ0v) is 28.5. The fraction of sp³-hybridized carbons (Fsp3) is 0.357. The van der Waals surface area contributed by atoms with E-state index in [1.807, 2.05) is 6.20 Å². The molecule has 3 nitrogen and oxygen atoms in total. The zero-order valence-electron chi connectivity index (χ0n) is 28.5. The Morgan fingerprint density at radius 1 is 0.696 bits per heavy atom. The Kier molecular flexibility index (Phi) is 7.73. The third-order valence-electron chi connectivity index (χ3n) is 11.0. The molecule has 0 radical (unpaired) electrons. The van der Waals surface area contributed by atoms with Crippen LogP contribution < -0.4 is 5.46 Å². The highest BCUT2D eigenvalue weighted by Crippen LogP contribution is 2.53. The topological polar surface area (TPSA) is 31.4 Å². The number of nitrogens with zero attached hydrogens (tertiary/aromatic N) is 1. The predicted molar refractivity (Wildman–Crippen MR) is 193 cm³/mol. The number of rotatable bonds is 8. The van der Waals surface area contributed by atoms with Gasteiger partial charge in [-0.15, -0.1) is 0 Å². The van der Waals surface area contributed by atoms with Crippen molar-refractivity contribution in [2.45, 2.75) is 97.2 Å². The molecule has 0 saturated carbocycles. The van der Waals surface area contributed by atoms with Crippen LogP contribution in [0.4, 0.5) is 0 Å². The van der Waals surface area contributed by atoms with E-state index in [0.29, 0.717) is 0 Å². The van der Waals surface area contributed by atoms with Crippen LogP contribution in [0.15, 0.2) is 91.1 Å². The number of hydrogen-bond donors (Lipinski definition) is 0. The van der Waals surface area contributed by atoms with Crippen LogP contribution in [0.2, 0.25) is 0 Å². The van der Waals surface area contributed by atoms with E-state index in [4.69, 9.17) is 14.3 Å². The van der Waals surface area contributed by atoms with E-state index in [1.54, 1.807) is 0 Å². The molecule has 46 heavy (non-hydrogen) atoms. The molecule has 0 spiro atoms. The smallest absolute Gasteiger partial charge is 0.399 e. The summed E-state index contributed by atoms with van der Waals surface area (Å²) < 4.78 is 12.9. The van der Waals surface area contributed by atoms with E-state index in [1.165, 1.54) is 64.6 Å². The number of fused-ring (bicyclic) bond motifs is 4. The summed E-state index contributed by atoms with van der Waals surface area (Å²) in [6, 6.07) is 31.7. The molecule has 1 aliphatic carbocycles. The van der Waals surface area contributed by atoms with E-state index >= 15 is 0 Å². The molecule has 0 amide bonds. The van der Waals surface area contributed by atoms with Crippen molar-refractivity contribution in [3.05, 3.63) is 119 Å². The Balaban J connectivity index is 1.34. The second-order valence-corrected chi connectivity index (χ2v) is 14.6. The Hall–Kier alpha value is -3.73. The third-order valence-corrected chi connectivity index (χ3v) is 11.0. The highest BCUT2D eigenvalue weighted by atomic mass is 16.7. The first-order chi connectivity index (χ1) is 22.0. The summed E-state index contributed by atoms with van der Waals surface area (Å²) in [6.07, 6.45) is 8.20. The predicted octanol–water partition coefficient (Wildman–Crippen LogP) is 9.97. The summed E-state index contributed by atoms with van der Waals surface area (Å²) in [4.78, 5) is 5.13. The van der Waals surface area contributed by atoms with E-state index in [0.717, 1.165) is 33.9 Å². The van der Waals surface area contributed by atoms with Gasteiger partial charge in [-0.05, 0) is 99.2 Å². The molecule has 1 aliphatic heterocycles. The monoisotopic (exact) mass is 607 g/mol. The number of benzene rings is 4. The van der Waals surface area contributed by atoms with Crippen LogP contribution in [0.5, 0.6) is 0 Å². The highest BCUT2D eigenvalue weighted by Gasteiger charge is 2.52. The van der Waals surface area contributed by atoms with Crippen molar-refractivity contribution >= 4 is 23.4 Å². The van der Waals surface area contributed by atoms with Crippen LogP contribution in [-0.2, 0) is 21.1 Å². The lowest BCUT2D eigenvalue weighted by molar-refractivity contribution is 0.00578. The lowest BCUT2D eigenvalue weighted by atomic mass is 9.73. The van der Waals surface area contributed by atoms with Crippen molar-refractivity contribution in [2.24, 2.45) is 0 Å². The maximum absolute atomic E-state index is 6.47. The van der Waals surface area contributed by atoms with Gasteiger partial charge in [-0.2, -0.15) is 0 Å². The van der Waals surface area contributed by atoms with Crippen molar-refractivity contribution in [2.75, 3.05) is 0 Å².